The molecular weight excluding hydrogens is 412 g/mol. The number of epoxide rings is 2. The molecule has 11 atom stereocenters. The Morgan fingerprint density at radius 3 is 2.78 bits per heavy atom. The lowest BCUT2D eigenvalue weighted by molar-refractivity contribution is -0.162. The molecule has 0 bridgehead atoms. The van der Waals surface area contributed by atoms with Crippen LogP contribution in [0.4, 0.5) is 0 Å². The number of rotatable bonds is 3. The maximum absolute atomic E-state index is 12.9. The van der Waals surface area contributed by atoms with Gasteiger partial charge in [-0.25, -0.2) is 4.79 Å². The van der Waals surface area contributed by atoms with Gasteiger partial charge in [0.1, 0.15) is 35.1 Å². The van der Waals surface area contributed by atoms with Crippen LogP contribution >= 0.6 is 0 Å². The van der Waals surface area contributed by atoms with Gasteiger partial charge in [0.05, 0.1) is 12.0 Å². The first-order valence-electron chi connectivity index (χ1n) is 11.9. The highest BCUT2D eigenvalue weighted by Crippen LogP contribution is 2.81. The smallest absolute Gasteiger partial charge is 0.334 e. The summed E-state index contributed by atoms with van der Waals surface area (Å²) in [6.45, 7) is 14.1. The molecule has 0 unspecified atom stereocenters. The maximum Gasteiger partial charge on any atom is 0.334 e. The van der Waals surface area contributed by atoms with Crippen LogP contribution in [0.25, 0.3) is 0 Å². The van der Waals surface area contributed by atoms with Crippen molar-refractivity contribution in [3.8, 4) is 0 Å². The second-order valence-corrected chi connectivity index (χ2v) is 11.1. The number of carbonyl (C=O) groups excluding carboxylic acids is 2. The van der Waals surface area contributed by atoms with Gasteiger partial charge in [-0.15, -0.1) is 0 Å². The van der Waals surface area contributed by atoms with Crippen LogP contribution in [0, 0.1) is 23.7 Å². The van der Waals surface area contributed by atoms with Crippen molar-refractivity contribution in [3.05, 3.63) is 23.3 Å². The standard InChI is InChI=1S/C25H32O7/c1-7-10(2)20(27)30-19-11(3)9-24-22-23(6,31-22)18-16-13(5)21(28)29-15(16)8-14(26)12(4)17(18)25(19,24)32-24/h10-11,14-15,17-19,22,26H,4,7-9H2,1-3,5-6H3/t10-,11+,14-,15-,17+,18+,19+,22-,23-,24-,25-/m0/s1. The van der Waals surface area contributed by atoms with Gasteiger partial charge in [-0.1, -0.05) is 27.4 Å². The van der Waals surface area contributed by atoms with Crippen molar-refractivity contribution in [1.29, 1.82) is 0 Å². The van der Waals surface area contributed by atoms with Gasteiger partial charge in [0, 0.05) is 23.8 Å². The molecule has 0 aromatic heterocycles. The van der Waals surface area contributed by atoms with Crippen LogP contribution < -0.4 is 0 Å². The quantitative estimate of drug-likeness (QED) is 0.406. The van der Waals surface area contributed by atoms with Crippen molar-refractivity contribution in [2.75, 3.05) is 0 Å². The molecule has 7 heteroatoms. The van der Waals surface area contributed by atoms with Crippen LogP contribution in [0.3, 0.4) is 0 Å². The molecule has 1 N–H and O–H groups in total. The molecule has 7 nitrogen and oxygen atoms in total. The molecule has 3 aliphatic carbocycles. The second kappa shape index (κ2) is 6.05. The number of carbonyl (C=O) groups is 2. The van der Waals surface area contributed by atoms with Gasteiger partial charge in [-0.2, -0.15) is 0 Å². The fraction of sp³-hybridized carbons (Fsp3) is 0.760. The molecule has 5 fully saturated rings. The Kier molecular flexibility index (Phi) is 3.94. The average Bonchev–Trinajstić information content (AvgIpc) is 3.58. The van der Waals surface area contributed by atoms with Crippen LogP contribution in [-0.2, 0) is 28.5 Å². The minimum absolute atomic E-state index is 0.0875. The van der Waals surface area contributed by atoms with E-state index in [4.69, 9.17) is 18.9 Å². The third-order valence-electron chi connectivity index (χ3n) is 9.40. The fourth-order valence-corrected chi connectivity index (χ4v) is 7.65. The van der Waals surface area contributed by atoms with Crippen molar-refractivity contribution >= 4 is 11.9 Å². The Morgan fingerprint density at radius 2 is 2.09 bits per heavy atom. The summed E-state index contributed by atoms with van der Waals surface area (Å²) in [6.07, 6.45) is -0.228. The summed E-state index contributed by atoms with van der Waals surface area (Å²) in [5.41, 5.74) is 0.265. The number of aliphatic hydroxyl groups is 1. The number of hydrogen-bond donors (Lipinski definition) is 1. The van der Waals surface area contributed by atoms with E-state index in [2.05, 4.69) is 20.4 Å². The first-order chi connectivity index (χ1) is 15.0. The molecule has 6 aliphatic rings. The molecule has 174 valence electrons. The van der Waals surface area contributed by atoms with E-state index in [9.17, 15) is 14.7 Å². The van der Waals surface area contributed by atoms with Gasteiger partial charge in [0.2, 0.25) is 0 Å². The Labute approximate surface area is 188 Å². The van der Waals surface area contributed by atoms with E-state index < -0.39 is 35.1 Å². The Hall–Kier alpha value is -1.70. The van der Waals surface area contributed by atoms with Gasteiger partial charge >= 0.3 is 11.9 Å². The average molecular weight is 445 g/mol. The minimum Gasteiger partial charge on any atom is -0.459 e. The van der Waals surface area contributed by atoms with Crippen molar-refractivity contribution in [3.63, 3.8) is 0 Å². The van der Waals surface area contributed by atoms with Gasteiger partial charge < -0.3 is 24.1 Å². The van der Waals surface area contributed by atoms with Gasteiger partial charge in [0.25, 0.3) is 0 Å². The van der Waals surface area contributed by atoms with Gasteiger partial charge in [-0.05, 0) is 43.8 Å². The highest BCUT2D eigenvalue weighted by molar-refractivity contribution is 5.92. The predicted molar refractivity (Wildman–Crippen MR) is 112 cm³/mol. The second-order valence-electron chi connectivity index (χ2n) is 11.1. The van der Waals surface area contributed by atoms with Crippen LogP contribution in [-0.4, -0.2) is 58.3 Å². The largest absolute Gasteiger partial charge is 0.459 e. The van der Waals surface area contributed by atoms with Crippen LogP contribution in [0.2, 0.25) is 0 Å². The number of fused-ring (bicyclic) bond motifs is 5. The molecule has 32 heavy (non-hydrogen) atoms. The first kappa shape index (κ1) is 20.9. The molecule has 0 aromatic rings. The molecule has 0 spiro atoms. The zero-order chi connectivity index (χ0) is 23.0. The third kappa shape index (κ3) is 2.14. The first-order valence-corrected chi connectivity index (χ1v) is 11.9. The molecule has 0 radical (unpaired) electrons. The zero-order valence-corrected chi connectivity index (χ0v) is 19.3. The van der Waals surface area contributed by atoms with Crippen molar-refractivity contribution in [2.24, 2.45) is 23.7 Å². The molecule has 0 aromatic carbocycles. The monoisotopic (exact) mass is 444 g/mol. The van der Waals surface area contributed by atoms with Crippen molar-refractivity contribution in [2.45, 2.75) is 95.1 Å². The predicted octanol–water partition coefficient (Wildman–Crippen LogP) is 2.46. The number of ether oxygens (including phenoxy) is 4. The number of aliphatic hydroxyl groups excluding tert-OH is 1. The molecule has 3 aliphatic heterocycles. The molecule has 3 heterocycles. The van der Waals surface area contributed by atoms with Crippen LogP contribution in [0.5, 0.6) is 0 Å². The van der Waals surface area contributed by atoms with Crippen molar-refractivity contribution in [1.82, 2.24) is 0 Å². The molecule has 0 amide bonds. The van der Waals surface area contributed by atoms with Gasteiger partial charge in [0.15, 0.2) is 0 Å². The van der Waals surface area contributed by atoms with E-state index in [0.29, 0.717) is 17.6 Å². The highest BCUT2D eigenvalue weighted by atomic mass is 16.7. The van der Waals surface area contributed by atoms with E-state index in [1.807, 2.05) is 13.8 Å². The molecule has 2 saturated heterocycles. The highest BCUT2D eigenvalue weighted by Gasteiger charge is 2.96. The maximum atomic E-state index is 12.9. The summed E-state index contributed by atoms with van der Waals surface area (Å²) in [5.74, 6) is -1.23. The van der Waals surface area contributed by atoms with Crippen LogP contribution in [0.1, 0.15) is 53.9 Å². The van der Waals surface area contributed by atoms with E-state index >= 15 is 0 Å². The lowest BCUT2D eigenvalue weighted by Gasteiger charge is -2.41. The Bertz CT molecular complexity index is 985. The molecular formula is C25H32O7. The summed E-state index contributed by atoms with van der Waals surface area (Å²) < 4.78 is 24.9. The topological polar surface area (TPSA) is 97.9 Å². The van der Waals surface area contributed by atoms with E-state index in [1.165, 1.54) is 0 Å². The van der Waals surface area contributed by atoms with E-state index in [1.54, 1.807) is 6.92 Å². The normalized spacial score (nSPS) is 53.2. The SMILES string of the molecule is C=C1[C@@H]2[C@@H](C3=C(C)C(=O)O[C@H]3C[C@@H]1O)[C@]1(C)O[C@@H]1[C@@]13C[C@@H](C)[C@@H](OC(=O)[C@@H](C)CC)[C@@]21O3. The summed E-state index contributed by atoms with van der Waals surface area (Å²) in [7, 11) is 0. The summed E-state index contributed by atoms with van der Waals surface area (Å²) in [4.78, 5) is 25.4. The zero-order valence-electron chi connectivity index (χ0n) is 19.3. The van der Waals surface area contributed by atoms with E-state index in [-0.39, 0.29) is 48.1 Å². The third-order valence-corrected chi connectivity index (χ3v) is 9.40. The van der Waals surface area contributed by atoms with Gasteiger partial charge in [-0.3, -0.25) is 4.79 Å². The fourth-order valence-electron chi connectivity index (χ4n) is 7.65. The molecule has 3 saturated carbocycles. The summed E-state index contributed by atoms with van der Waals surface area (Å²) >= 11 is 0. The lowest BCUT2D eigenvalue weighted by atomic mass is 9.58. The number of esters is 2. The molecule has 6 rings (SSSR count). The van der Waals surface area contributed by atoms with Crippen LogP contribution in [0.15, 0.2) is 23.3 Å². The van der Waals surface area contributed by atoms with Crippen molar-refractivity contribution < 1.29 is 33.6 Å². The summed E-state index contributed by atoms with van der Waals surface area (Å²) in [5, 5.41) is 11.1. The summed E-state index contributed by atoms with van der Waals surface area (Å²) in [6, 6.07) is 0. The Morgan fingerprint density at radius 1 is 1.38 bits per heavy atom. The lowest BCUT2D eigenvalue weighted by Crippen LogP contribution is -2.55. The number of hydrogen-bond acceptors (Lipinski definition) is 7. The van der Waals surface area contributed by atoms with E-state index in [0.717, 1.165) is 12.0 Å². The minimum atomic E-state index is -0.847. The Balaban J connectivity index is 1.50.